The molecule has 3 atom stereocenters. The Hall–Kier alpha value is -2.37. The van der Waals surface area contributed by atoms with Gasteiger partial charge >= 0.3 is 0 Å². The van der Waals surface area contributed by atoms with Crippen molar-refractivity contribution < 1.29 is 19.0 Å². The summed E-state index contributed by atoms with van der Waals surface area (Å²) in [6, 6.07) is 14.8. The number of nitrogens with zero attached hydrogens (tertiary/aromatic N) is 1. The van der Waals surface area contributed by atoms with Crippen molar-refractivity contribution in [2.75, 3.05) is 26.8 Å². The summed E-state index contributed by atoms with van der Waals surface area (Å²) < 4.78 is 19.3. The van der Waals surface area contributed by atoms with Crippen LogP contribution in [0.4, 0.5) is 0 Å². The molecule has 3 aliphatic carbocycles. The largest absolute Gasteiger partial charge is 0.493 e. The molecule has 1 heterocycles. The van der Waals surface area contributed by atoms with E-state index in [1.807, 2.05) is 18.2 Å². The van der Waals surface area contributed by atoms with Crippen LogP contribution in [-0.2, 0) is 28.0 Å². The lowest BCUT2D eigenvalue weighted by Crippen LogP contribution is -2.74. The molecule has 5 nitrogen and oxygen atoms in total. The Kier molecular flexibility index (Phi) is 5.89. The fraction of sp³-hybridized carbons (Fsp3) is 0.567. The topological polar surface area (TPSA) is 48.0 Å². The van der Waals surface area contributed by atoms with Crippen molar-refractivity contribution in [2.24, 2.45) is 5.92 Å². The van der Waals surface area contributed by atoms with Gasteiger partial charge in [0.1, 0.15) is 12.4 Å². The first-order chi connectivity index (χ1) is 17.1. The maximum Gasteiger partial charge on any atom is 0.164 e. The fourth-order valence-corrected chi connectivity index (χ4v) is 7.40. The number of fused-ring (bicyclic) bond motifs is 1. The molecule has 5 heteroatoms. The van der Waals surface area contributed by atoms with Crippen molar-refractivity contribution in [3.8, 4) is 11.5 Å². The molecule has 0 N–H and O–H groups in total. The second-order valence-electron chi connectivity index (χ2n) is 10.9. The van der Waals surface area contributed by atoms with E-state index in [1.165, 1.54) is 24.0 Å². The summed E-state index contributed by atoms with van der Waals surface area (Å²) in [7, 11) is 1.74. The third-order valence-electron chi connectivity index (χ3n) is 9.02. The maximum atomic E-state index is 13.1. The Balaban J connectivity index is 1.46. The number of Topliss-reactive ketones (excluding diaryl/α,β-unsaturated/α-hetero) is 1. The minimum Gasteiger partial charge on any atom is -0.493 e. The molecular weight excluding hydrogens is 438 g/mol. The summed E-state index contributed by atoms with van der Waals surface area (Å²) in [5, 5.41) is 0. The lowest BCUT2D eigenvalue weighted by molar-refractivity contribution is -0.198. The zero-order valence-electron chi connectivity index (χ0n) is 21.1. The highest BCUT2D eigenvalue weighted by Crippen LogP contribution is 2.62. The van der Waals surface area contributed by atoms with Crippen LogP contribution in [0.1, 0.15) is 62.1 Å². The van der Waals surface area contributed by atoms with Gasteiger partial charge in [0.05, 0.1) is 12.7 Å². The van der Waals surface area contributed by atoms with Gasteiger partial charge in [0.25, 0.3) is 0 Å². The number of carbonyl (C=O) groups is 1. The van der Waals surface area contributed by atoms with Crippen molar-refractivity contribution in [3.05, 3.63) is 59.2 Å². The number of piperidine rings is 1. The molecule has 4 aliphatic rings. The van der Waals surface area contributed by atoms with E-state index in [4.69, 9.17) is 14.2 Å². The van der Waals surface area contributed by atoms with E-state index >= 15 is 0 Å². The summed E-state index contributed by atoms with van der Waals surface area (Å²) >= 11 is 0. The van der Waals surface area contributed by atoms with E-state index in [9.17, 15) is 4.79 Å². The molecule has 0 radical (unpaired) electrons. The van der Waals surface area contributed by atoms with Gasteiger partial charge in [0, 0.05) is 43.0 Å². The monoisotopic (exact) mass is 475 g/mol. The Morgan fingerprint density at radius 1 is 1.09 bits per heavy atom. The molecule has 35 heavy (non-hydrogen) atoms. The van der Waals surface area contributed by atoms with Crippen LogP contribution in [0, 0.1) is 5.92 Å². The van der Waals surface area contributed by atoms with E-state index in [-0.39, 0.29) is 11.0 Å². The fourth-order valence-electron chi connectivity index (χ4n) is 7.40. The van der Waals surface area contributed by atoms with Crippen molar-refractivity contribution in [1.82, 2.24) is 4.90 Å². The number of ether oxygens (including phenoxy) is 3. The van der Waals surface area contributed by atoms with Crippen molar-refractivity contribution in [1.29, 1.82) is 0 Å². The number of ketones is 1. The van der Waals surface area contributed by atoms with Gasteiger partial charge in [-0.2, -0.15) is 0 Å². The standard InChI is InChI=1S/C30H37NO4/c1-3-35-30-14-13-24(32)18-29(30)15-16-31(19-21-9-10-21)26(30)17-23-11-12-25(28(33-2)27(23)29)34-20-22-7-5-4-6-8-22/h4-8,11-12,21,26H,3,9-10,13-20H2,1-2H3/t26-,29+,30+/m0/s1. The third kappa shape index (κ3) is 3.70. The molecule has 2 aromatic rings. The first-order valence-corrected chi connectivity index (χ1v) is 13.4. The van der Waals surface area contributed by atoms with Gasteiger partial charge in [0.15, 0.2) is 11.5 Å². The van der Waals surface area contributed by atoms with E-state index in [0.717, 1.165) is 55.3 Å². The number of likely N-dealkylation sites (tertiary alicyclic amines) is 1. The third-order valence-corrected chi connectivity index (χ3v) is 9.02. The Labute approximate surface area is 208 Å². The van der Waals surface area contributed by atoms with Crippen LogP contribution >= 0.6 is 0 Å². The van der Waals surface area contributed by atoms with Gasteiger partial charge in [0.2, 0.25) is 0 Å². The van der Waals surface area contributed by atoms with Crippen LogP contribution in [0.2, 0.25) is 0 Å². The Morgan fingerprint density at radius 3 is 2.66 bits per heavy atom. The number of hydrogen-bond acceptors (Lipinski definition) is 5. The molecule has 1 saturated heterocycles. The molecule has 0 amide bonds. The van der Waals surface area contributed by atoms with Crippen molar-refractivity contribution in [2.45, 2.75) is 75.5 Å². The van der Waals surface area contributed by atoms with E-state index < -0.39 is 0 Å². The van der Waals surface area contributed by atoms with E-state index in [1.54, 1.807) is 7.11 Å². The van der Waals surface area contributed by atoms with Gasteiger partial charge in [-0.1, -0.05) is 36.4 Å². The lowest BCUT2D eigenvalue weighted by Gasteiger charge is -2.65. The highest BCUT2D eigenvalue weighted by molar-refractivity contribution is 5.83. The second kappa shape index (κ2) is 8.94. The number of rotatable bonds is 8. The summed E-state index contributed by atoms with van der Waals surface area (Å²) in [6.45, 7) is 5.42. The lowest BCUT2D eigenvalue weighted by atomic mass is 9.49. The van der Waals surface area contributed by atoms with Gasteiger partial charge in [-0.15, -0.1) is 0 Å². The Bertz CT molecular complexity index is 1100. The van der Waals surface area contributed by atoms with Crippen molar-refractivity contribution in [3.63, 3.8) is 0 Å². The Morgan fingerprint density at radius 2 is 1.91 bits per heavy atom. The first-order valence-electron chi connectivity index (χ1n) is 13.4. The summed E-state index contributed by atoms with van der Waals surface area (Å²) in [6.07, 6.45) is 6.50. The SMILES string of the molecule is CCO[C@@]12CCC(=O)C[C@@]13CCN(CC1CC1)[C@H]2Cc1ccc(OCc2ccccc2)c(OC)c13. The number of hydrogen-bond donors (Lipinski definition) is 0. The van der Waals surface area contributed by atoms with Crippen LogP contribution < -0.4 is 9.47 Å². The van der Waals surface area contributed by atoms with Gasteiger partial charge in [-0.25, -0.2) is 0 Å². The zero-order chi connectivity index (χ0) is 24.0. The minimum absolute atomic E-state index is 0.304. The quantitative estimate of drug-likeness (QED) is 0.533. The molecule has 2 bridgehead atoms. The second-order valence-corrected chi connectivity index (χ2v) is 10.9. The molecular formula is C30H37NO4. The molecule has 0 aromatic heterocycles. The predicted molar refractivity (Wildman–Crippen MR) is 135 cm³/mol. The molecule has 2 aromatic carbocycles. The summed E-state index contributed by atoms with van der Waals surface area (Å²) in [4.78, 5) is 15.8. The van der Waals surface area contributed by atoms with Gasteiger partial charge in [-0.05, 0) is 68.7 Å². The highest BCUT2D eigenvalue weighted by Gasteiger charge is 2.67. The molecule has 3 fully saturated rings. The predicted octanol–water partition coefficient (Wildman–Crippen LogP) is 5.08. The molecule has 0 spiro atoms. The molecule has 6 rings (SSSR count). The zero-order valence-corrected chi connectivity index (χ0v) is 21.1. The molecule has 186 valence electrons. The van der Waals surface area contributed by atoms with Crippen LogP contribution in [0.15, 0.2) is 42.5 Å². The summed E-state index contributed by atoms with van der Waals surface area (Å²) in [5.74, 6) is 2.73. The van der Waals surface area contributed by atoms with Gasteiger partial charge in [-0.3, -0.25) is 9.69 Å². The van der Waals surface area contributed by atoms with E-state index in [2.05, 4.69) is 36.1 Å². The smallest absolute Gasteiger partial charge is 0.164 e. The van der Waals surface area contributed by atoms with Crippen LogP contribution in [0.5, 0.6) is 11.5 Å². The molecule has 0 unspecified atom stereocenters. The summed E-state index contributed by atoms with van der Waals surface area (Å²) in [5.41, 5.74) is 2.86. The van der Waals surface area contributed by atoms with Crippen LogP contribution in [0.3, 0.4) is 0 Å². The average molecular weight is 476 g/mol. The van der Waals surface area contributed by atoms with Crippen LogP contribution in [0.25, 0.3) is 0 Å². The number of carbonyl (C=O) groups excluding carboxylic acids is 1. The first kappa shape index (κ1) is 23.1. The number of benzene rings is 2. The average Bonchev–Trinajstić information content (AvgIpc) is 3.69. The number of methoxy groups -OCH3 is 1. The van der Waals surface area contributed by atoms with E-state index in [0.29, 0.717) is 37.9 Å². The normalized spacial score (nSPS) is 29.9. The van der Waals surface area contributed by atoms with Crippen LogP contribution in [-0.4, -0.2) is 49.1 Å². The molecule has 1 aliphatic heterocycles. The van der Waals surface area contributed by atoms with Crippen molar-refractivity contribution >= 4 is 5.78 Å². The molecule has 2 saturated carbocycles. The highest BCUT2D eigenvalue weighted by atomic mass is 16.5. The minimum atomic E-state index is -0.367. The maximum absolute atomic E-state index is 13.1. The van der Waals surface area contributed by atoms with Gasteiger partial charge < -0.3 is 14.2 Å².